The van der Waals surface area contributed by atoms with Crippen molar-refractivity contribution in [3.63, 3.8) is 0 Å². The molecule has 3 rings (SSSR count). The van der Waals surface area contributed by atoms with Gasteiger partial charge in [-0.1, -0.05) is 6.92 Å². The van der Waals surface area contributed by atoms with Crippen LogP contribution in [0.25, 0.3) is 22.4 Å². The molecule has 0 aliphatic heterocycles. The number of rotatable bonds is 7. The Kier molecular flexibility index (Phi) is 5.31. The molecule has 3 heterocycles. The topological polar surface area (TPSA) is 78.5 Å². The van der Waals surface area contributed by atoms with Gasteiger partial charge in [0.2, 0.25) is 0 Å². The van der Waals surface area contributed by atoms with E-state index in [2.05, 4.69) is 30.6 Å². The lowest BCUT2D eigenvalue weighted by Gasteiger charge is -2.31. The van der Waals surface area contributed by atoms with Crippen LogP contribution < -0.4 is 10.6 Å². The van der Waals surface area contributed by atoms with Crippen molar-refractivity contribution >= 4 is 16.9 Å². The predicted octanol–water partition coefficient (Wildman–Crippen LogP) is 3.75. The molecule has 0 fully saturated rings. The maximum absolute atomic E-state index is 12.4. The third-order valence-electron chi connectivity index (χ3n) is 4.40. The lowest BCUT2D eigenvalue weighted by atomic mass is 9.99. The molecule has 1 atom stereocenters. The first-order valence-corrected chi connectivity index (χ1v) is 8.61. The first kappa shape index (κ1) is 19.1. The van der Waals surface area contributed by atoms with Gasteiger partial charge in [-0.25, -0.2) is 15.0 Å². The number of halogens is 3. The fraction of sp³-hybridized carbons (Fsp3) is 0.389. The van der Waals surface area contributed by atoms with E-state index >= 15 is 0 Å². The zero-order chi connectivity index (χ0) is 19.5. The van der Waals surface area contributed by atoms with Gasteiger partial charge >= 0.3 is 6.18 Å². The molecule has 27 heavy (non-hydrogen) atoms. The van der Waals surface area contributed by atoms with Gasteiger partial charge in [0, 0.05) is 41.6 Å². The second-order valence-electron chi connectivity index (χ2n) is 6.63. The van der Waals surface area contributed by atoms with Crippen LogP contribution in [0.4, 0.5) is 19.0 Å². The number of aromatic amines is 1. The number of anilines is 1. The van der Waals surface area contributed by atoms with E-state index < -0.39 is 18.3 Å². The van der Waals surface area contributed by atoms with Crippen molar-refractivity contribution in [2.75, 3.05) is 18.4 Å². The van der Waals surface area contributed by atoms with Crippen LogP contribution in [-0.4, -0.2) is 44.7 Å². The van der Waals surface area contributed by atoms with Crippen LogP contribution in [0.15, 0.2) is 36.8 Å². The highest BCUT2D eigenvalue weighted by atomic mass is 19.4. The Balaban J connectivity index is 1.78. The molecule has 6 nitrogen and oxygen atoms in total. The number of hydrogen-bond donors (Lipinski definition) is 3. The van der Waals surface area contributed by atoms with Gasteiger partial charge in [-0.15, -0.1) is 0 Å². The minimum absolute atomic E-state index is 0.152. The molecule has 144 valence electrons. The van der Waals surface area contributed by atoms with Crippen LogP contribution in [0.3, 0.4) is 0 Å². The maximum atomic E-state index is 12.4. The zero-order valence-electron chi connectivity index (χ0n) is 15.1. The second kappa shape index (κ2) is 7.51. The molecule has 0 radical (unpaired) electrons. The monoisotopic (exact) mass is 378 g/mol. The maximum Gasteiger partial charge on any atom is 0.401 e. The highest BCUT2D eigenvalue weighted by molar-refractivity contribution is 5.91. The summed E-state index contributed by atoms with van der Waals surface area (Å²) in [6.45, 7) is 2.89. The first-order valence-electron chi connectivity index (χ1n) is 8.61. The quantitative estimate of drug-likeness (QED) is 0.584. The summed E-state index contributed by atoms with van der Waals surface area (Å²) in [7, 11) is 0. The molecule has 0 amide bonds. The summed E-state index contributed by atoms with van der Waals surface area (Å²) in [6.07, 6.45) is 1.50. The Morgan fingerprint density at radius 2 is 1.93 bits per heavy atom. The molecule has 0 spiro atoms. The van der Waals surface area contributed by atoms with Crippen LogP contribution in [0.2, 0.25) is 0 Å². The Labute approximate surface area is 154 Å². The molecule has 0 saturated carbocycles. The fourth-order valence-electron chi connectivity index (χ4n) is 2.75. The van der Waals surface area contributed by atoms with Gasteiger partial charge in [-0.05, 0) is 31.5 Å². The minimum Gasteiger partial charge on any atom is -0.364 e. The van der Waals surface area contributed by atoms with Crippen LogP contribution in [0.5, 0.6) is 0 Å². The molecule has 0 aromatic carbocycles. The predicted molar refractivity (Wildman–Crippen MR) is 98.4 cm³/mol. The zero-order valence-corrected chi connectivity index (χ0v) is 15.1. The molecule has 0 saturated heterocycles. The average molecular weight is 378 g/mol. The SMILES string of the molecule is CC[C@](C)(CNCC(F)(F)F)Nc1ccnc(-c2c[nH]c3ncccc23)n1. The fourth-order valence-corrected chi connectivity index (χ4v) is 2.75. The molecule has 3 aromatic heterocycles. The largest absolute Gasteiger partial charge is 0.401 e. The van der Waals surface area contributed by atoms with Crippen molar-refractivity contribution in [2.45, 2.75) is 32.0 Å². The van der Waals surface area contributed by atoms with Crippen LogP contribution in [-0.2, 0) is 0 Å². The lowest BCUT2D eigenvalue weighted by Crippen LogP contribution is -2.46. The number of pyridine rings is 1. The van der Waals surface area contributed by atoms with E-state index in [1.165, 1.54) is 0 Å². The summed E-state index contributed by atoms with van der Waals surface area (Å²) in [6, 6.07) is 5.46. The van der Waals surface area contributed by atoms with Crippen molar-refractivity contribution in [3.05, 3.63) is 36.8 Å². The van der Waals surface area contributed by atoms with E-state index in [0.717, 1.165) is 16.6 Å². The van der Waals surface area contributed by atoms with Crippen LogP contribution in [0, 0.1) is 0 Å². The van der Waals surface area contributed by atoms with Gasteiger partial charge in [0.05, 0.1) is 6.54 Å². The Morgan fingerprint density at radius 3 is 2.67 bits per heavy atom. The first-order chi connectivity index (χ1) is 12.8. The van der Waals surface area contributed by atoms with Gasteiger partial charge < -0.3 is 15.6 Å². The number of hydrogen-bond acceptors (Lipinski definition) is 5. The number of aromatic nitrogens is 4. The lowest BCUT2D eigenvalue weighted by molar-refractivity contribution is -0.125. The Hall–Kier alpha value is -2.68. The molecule has 3 N–H and O–H groups in total. The second-order valence-corrected chi connectivity index (χ2v) is 6.63. The number of alkyl halides is 3. The van der Waals surface area contributed by atoms with Gasteiger partial charge in [-0.2, -0.15) is 13.2 Å². The van der Waals surface area contributed by atoms with Crippen molar-refractivity contribution < 1.29 is 13.2 Å². The van der Waals surface area contributed by atoms with Crippen molar-refractivity contribution in [1.29, 1.82) is 0 Å². The Bertz CT molecular complexity index is 907. The van der Waals surface area contributed by atoms with E-state index in [-0.39, 0.29) is 6.54 Å². The number of nitrogens with zero attached hydrogens (tertiary/aromatic N) is 3. The number of fused-ring (bicyclic) bond motifs is 1. The van der Waals surface area contributed by atoms with E-state index in [0.29, 0.717) is 18.1 Å². The van der Waals surface area contributed by atoms with Crippen LogP contribution in [0.1, 0.15) is 20.3 Å². The van der Waals surface area contributed by atoms with Crippen molar-refractivity contribution in [3.8, 4) is 11.4 Å². The summed E-state index contributed by atoms with van der Waals surface area (Å²) in [5.74, 6) is 1.07. The van der Waals surface area contributed by atoms with E-state index in [1.54, 1.807) is 24.7 Å². The molecule has 0 bridgehead atoms. The summed E-state index contributed by atoms with van der Waals surface area (Å²) >= 11 is 0. The molecule has 0 aliphatic carbocycles. The molecular weight excluding hydrogens is 357 g/mol. The molecular formula is C18H21F3N6. The third kappa shape index (κ3) is 4.73. The van der Waals surface area contributed by atoms with Crippen molar-refractivity contribution in [1.82, 2.24) is 25.3 Å². The number of H-pyrrole nitrogens is 1. The summed E-state index contributed by atoms with van der Waals surface area (Å²) < 4.78 is 37.2. The number of nitrogens with one attached hydrogen (secondary N) is 3. The normalized spacial score (nSPS) is 14.3. The van der Waals surface area contributed by atoms with Gasteiger partial charge in [0.15, 0.2) is 5.82 Å². The van der Waals surface area contributed by atoms with E-state index in [9.17, 15) is 13.2 Å². The summed E-state index contributed by atoms with van der Waals surface area (Å²) in [5, 5.41) is 6.60. The van der Waals surface area contributed by atoms with Crippen molar-refractivity contribution in [2.24, 2.45) is 0 Å². The molecule has 9 heteroatoms. The smallest absolute Gasteiger partial charge is 0.364 e. The van der Waals surface area contributed by atoms with E-state index in [1.807, 2.05) is 26.0 Å². The van der Waals surface area contributed by atoms with E-state index in [4.69, 9.17) is 0 Å². The molecule has 0 unspecified atom stereocenters. The average Bonchev–Trinajstić information content (AvgIpc) is 3.05. The third-order valence-corrected chi connectivity index (χ3v) is 4.40. The minimum atomic E-state index is -4.24. The summed E-state index contributed by atoms with van der Waals surface area (Å²) in [4.78, 5) is 16.2. The van der Waals surface area contributed by atoms with Crippen LogP contribution >= 0.6 is 0 Å². The summed E-state index contributed by atoms with van der Waals surface area (Å²) in [5.41, 5.74) is 0.970. The van der Waals surface area contributed by atoms with Gasteiger partial charge in [0.25, 0.3) is 0 Å². The molecule has 0 aliphatic rings. The van der Waals surface area contributed by atoms with Gasteiger partial charge in [0.1, 0.15) is 11.5 Å². The highest BCUT2D eigenvalue weighted by Crippen LogP contribution is 2.26. The van der Waals surface area contributed by atoms with Gasteiger partial charge in [-0.3, -0.25) is 0 Å². The molecule has 3 aromatic rings. The Morgan fingerprint density at radius 1 is 1.11 bits per heavy atom. The highest BCUT2D eigenvalue weighted by Gasteiger charge is 2.29. The standard InChI is InChI=1S/C18H21F3N6/c1-3-17(2,10-22-11-18(19,20)21)27-14-6-8-24-16(26-14)13-9-25-15-12(13)5-4-7-23-15/h4-9,22H,3,10-11H2,1-2H3,(H,23,25)(H,24,26,27)/t17-/m1/s1.